The number of hydrogen-bond acceptors (Lipinski definition) is 5. The topological polar surface area (TPSA) is 108 Å². The van der Waals surface area contributed by atoms with Gasteiger partial charge in [0.2, 0.25) is 5.91 Å². The second-order valence-electron chi connectivity index (χ2n) is 11.9. The highest BCUT2D eigenvalue weighted by molar-refractivity contribution is 5.99. The lowest BCUT2D eigenvalue weighted by atomic mass is 9.96. The molecule has 3 amide bonds. The summed E-state index contributed by atoms with van der Waals surface area (Å²) in [5.74, 6) is -0.641. The van der Waals surface area contributed by atoms with Crippen molar-refractivity contribution in [1.82, 2.24) is 10.2 Å². The first kappa shape index (κ1) is 33.2. The van der Waals surface area contributed by atoms with E-state index in [0.717, 1.165) is 29.5 Å². The molecule has 0 aliphatic heterocycles. The standard InChI is InChI=1S/C35H45N3O5/c1-7-8-13-22-38(31(28-16-11-9-14-24(28)2)32(40)36-29-17-12-10-15-25(29)3)33(41)30(37-34(42)43-35(4,5)6)23-26-18-20-27(39)21-19-26/h9-12,14-21,30-31,39H,7-8,13,22-23H2,1-6H3,(H,36,40)(H,37,42). The zero-order chi connectivity index (χ0) is 31.6. The third-order valence-corrected chi connectivity index (χ3v) is 7.10. The van der Waals surface area contributed by atoms with E-state index >= 15 is 0 Å². The SMILES string of the molecule is CCCCCN(C(=O)C(Cc1ccc(O)cc1)NC(=O)OC(C)(C)C)C(C(=O)Nc1ccccc1C)c1ccccc1C. The average Bonchev–Trinajstić information content (AvgIpc) is 2.94. The fourth-order valence-electron chi connectivity index (χ4n) is 4.87. The lowest BCUT2D eigenvalue weighted by Crippen LogP contribution is -2.53. The van der Waals surface area contributed by atoms with Crippen molar-refractivity contribution >= 4 is 23.6 Å². The van der Waals surface area contributed by atoms with E-state index in [-0.39, 0.29) is 18.1 Å². The van der Waals surface area contributed by atoms with Crippen molar-refractivity contribution in [2.75, 3.05) is 11.9 Å². The smallest absolute Gasteiger partial charge is 0.408 e. The van der Waals surface area contributed by atoms with E-state index in [1.807, 2.05) is 62.4 Å². The molecule has 0 aromatic heterocycles. The van der Waals surface area contributed by atoms with Gasteiger partial charge < -0.3 is 25.4 Å². The Morgan fingerprint density at radius 3 is 2.12 bits per heavy atom. The number of aryl methyl sites for hydroxylation is 2. The van der Waals surface area contributed by atoms with Crippen LogP contribution in [0.2, 0.25) is 0 Å². The van der Waals surface area contributed by atoms with Gasteiger partial charge in [-0.3, -0.25) is 9.59 Å². The van der Waals surface area contributed by atoms with E-state index in [1.165, 1.54) is 12.1 Å². The largest absolute Gasteiger partial charge is 0.508 e. The Morgan fingerprint density at radius 1 is 0.884 bits per heavy atom. The van der Waals surface area contributed by atoms with Gasteiger partial charge in [-0.15, -0.1) is 0 Å². The molecular weight excluding hydrogens is 542 g/mol. The maximum Gasteiger partial charge on any atom is 0.408 e. The Labute approximate surface area is 255 Å². The van der Waals surface area contributed by atoms with Gasteiger partial charge in [-0.2, -0.15) is 0 Å². The summed E-state index contributed by atoms with van der Waals surface area (Å²) in [6, 6.07) is 19.6. The predicted octanol–water partition coefficient (Wildman–Crippen LogP) is 6.84. The first-order valence-corrected chi connectivity index (χ1v) is 14.9. The zero-order valence-corrected chi connectivity index (χ0v) is 26.1. The zero-order valence-electron chi connectivity index (χ0n) is 26.1. The molecule has 3 N–H and O–H groups in total. The number of nitrogens with zero attached hydrogens (tertiary/aromatic N) is 1. The number of rotatable bonds is 12. The Bertz CT molecular complexity index is 1380. The molecule has 0 radical (unpaired) electrons. The van der Waals surface area contributed by atoms with E-state index in [9.17, 15) is 19.5 Å². The highest BCUT2D eigenvalue weighted by Gasteiger charge is 2.37. The number of para-hydroxylation sites is 1. The Morgan fingerprint density at radius 2 is 1.51 bits per heavy atom. The number of amides is 3. The number of benzene rings is 3. The molecule has 8 nitrogen and oxygen atoms in total. The molecule has 2 atom stereocenters. The number of ether oxygens (including phenoxy) is 1. The summed E-state index contributed by atoms with van der Waals surface area (Å²) in [5.41, 5.74) is 3.11. The second-order valence-corrected chi connectivity index (χ2v) is 11.9. The summed E-state index contributed by atoms with van der Waals surface area (Å²) < 4.78 is 5.52. The van der Waals surface area contributed by atoms with E-state index in [2.05, 4.69) is 17.6 Å². The van der Waals surface area contributed by atoms with Crippen molar-refractivity contribution in [3.05, 3.63) is 95.1 Å². The first-order chi connectivity index (χ1) is 20.4. The number of alkyl carbamates (subject to hydrolysis) is 1. The monoisotopic (exact) mass is 587 g/mol. The summed E-state index contributed by atoms with van der Waals surface area (Å²) >= 11 is 0. The van der Waals surface area contributed by atoms with Crippen LogP contribution in [-0.4, -0.2) is 46.1 Å². The molecule has 0 saturated heterocycles. The maximum atomic E-state index is 14.6. The number of phenols is 1. The van der Waals surface area contributed by atoms with Gasteiger partial charge in [0.25, 0.3) is 5.91 Å². The van der Waals surface area contributed by atoms with Crippen molar-refractivity contribution in [3.63, 3.8) is 0 Å². The second kappa shape index (κ2) is 15.2. The van der Waals surface area contributed by atoms with Crippen LogP contribution in [0.1, 0.15) is 75.3 Å². The Kier molecular flexibility index (Phi) is 11.8. The van der Waals surface area contributed by atoms with Crippen LogP contribution < -0.4 is 10.6 Å². The van der Waals surface area contributed by atoms with Crippen LogP contribution in [0.4, 0.5) is 10.5 Å². The van der Waals surface area contributed by atoms with Gasteiger partial charge in [0, 0.05) is 18.7 Å². The molecule has 0 saturated carbocycles. The number of hydrogen-bond donors (Lipinski definition) is 3. The highest BCUT2D eigenvalue weighted by atomic mass is 16.6. The molecule has 8 heteroatoms. The van der Waals surface area contributed by atoms with Crippen LogP contribution >= 0.6 is 0 Å². The average molecular weight is 588 g/mol. The highest BCUT2D eigenvalue weighted by Crippen LogP contribution is 2.29. The molecule has 0 spiro atoms. The molecular formula is C35H45N3O5. The molecule has 0 aliphatic rings. The van der Waals surface area contributed by atoms with Crippen LogP contribution in [0.25, 0.3) is 0 Å². The van der Waals surface area contributed by atoms with Gasteiger partial charge >= 0.3 is 6.09 Å². The maximum absolute atomic E-state index is 14.6. The van der Waals surface area contributed by atoms with Gasteiger partial charge in [0.1, 0.15) is 23.4 Å². The number of carbonyl (C=O) groups is 3. The predicted molar refractivity (Wildman–Crippen MR) is 170 cm³/mol. The van der Waals surface area contributed by atoms with Crippen molar-refractivity contribution in [2.45, 2.75) is 84.9 Å². The van der Waals surface area contributed by atoms with Gasteiger partial charge in [0.15, 0.2) is 0 Å². The number of aromatic hydroxyl groups is 1. The van der Waals surface area contributed by atoms with Crippen LogP contribution in [0.15, 0.2) is 72.8 Å². The molecule has 43 heavy (non-hydrogen) atoms. The van der Waals surface area contributed by atoms with Crippen LogP contribution in [0, 0.1) is 13.8 Å². The van der Waals surface area contributed by atoms with E-state index in [4.69, 9.17) is 4.74 Å². The quantitative estimate of drug-likeness (QED) is 0.201. The normalized spacial score (nSPS) is 12.6. The Balaban J connectivity index is 2.09. The van der Waals surface area contributed by atoms with Gasteiger partial charge in [-0.1, -0.05) is 74.4 Å². The minimum Gasteiger partial charge on any atom is -0.508 e. The van der Waals surface area contributed by atoms with Crippen LogP contribution in [0.3, 0.4) is 0 Å². The molecule has 0 fully saturated rings. The summed E-state index contributed by atoms with van der Waals surface area (Å²) in [5, 5.41) is 15.6. The molecule has 3 aromatic rings. The first-order valence-electron chi connectivity index (χ1n) is 14.9. The van der Waals surface area contributed by atoms with Gasteiger partial charge in [0.05, 0.1) is 0 Å². The van der Waals surface area contributed by atoms with Gasteiger partial charge in [-0.25, -0.2) is 4.79 Å². The molecule has 2 unspecified atom stereocenters. The molecule has 0 heterocycles. The fourth-order valence-corrected chi connectivity index (χ4v) is 4.87. The van der Waals surface area contributed by atoms with Crippen molar-refractivity contribution in [2.24, 2.45) is 0 Å². The van der Waals surface area contributed by atoms with Crippen LogP contribution in [-0.2, 0) is 20.7 Å². The number of nitrogens with one attached hydrogen (secondary N) is 2. The third kappa shape index (κ3) is 9.87. The van der Waals surface area contributed by atoms with E-state index in [0.29, 0.717) is 24.2 Å². The number of unbranched alkanes of at least 4 members (excludes halogenated alkanes) is 2. The van der Waals surface area contributed by atoms with E-state index < -0.39 is 29.7 Å². The summed E-state index contributed by atoms with van der Waals surface area (Å²) in [7, 11) is 0. The lowest BCUT2D eigenvalue weighted by molar-refractivity contribution is -0.140. The van der Waals surface area contributed by atoms with Crippen molar-refractivity contribution in [1.29, 1.82) is 0 Å². The Hall–Kier alpha value is -4.33. The molecule has 0 bridgehead atoms. The number of anilines is 1. The fraction of sp³-hybridized carbons (Fsp3) is 0.400. The van der Waals surface area contributed by atoms with E-state index in [1.54, 1.807) is 37.8 Å². The third-order valence-electron chi connectivity index (χ3n) is 7.10. The molecule has 3 aromatic carbocycles. The molecule has 230 valence electrons. The minimum atomic E-state index is -1.03. The minimum absolute atomic E-state index is 0.0976. The van der Waals surface area contributed by atoms with Crippen molar-refractivity contribution < 1.29 is 24.2 Å². The summed E-state index contributed by atoms with van der Waals surface area (Å²) in [6.07, 6.45) is 1.89. The summed E-state index contributed by atoms with van der Waals surface area (Å²) in [4.78, 5) is 43.3. The van der Waals surface area contributed by atoms with Crippen molar-refractivity contribution in [3.8, 4) is 5.75 Å². The summed E-state index contributed by atoms with van der Waals surface area (Å²) in [6.45, 7) is 11.5. The molecule has 3 rings (SSSR count). The van der Waals surface area contributed by atoms with Crippen LogP contribution in [0.5, 0.6) is 5.75 Å². The number of phenolic OH excluding ortho intramolecular Hbond substituents is 1. The number of carbonyl (C=O) groups excluding carboxylic acids is 3. The molecule has 0 aliphatic carbocycles. The van der Waals surface area contributed by atoms with Gasteiger partial charge in [-0.05, 0) is 81.5 Å². The lowest BCUT2D eigenvalue weighted by Gasteiger charge is -2.35.